The Morgan fingerprint density at radius 3 is 2.16 bits per heavy atom. The summed E-state index contributed by atoms with van der Waals surface area (Å²) >= 11 is 6.12. The number of carbonyl (C=O) groups is 2. The van der Waals surface area contributed by atoms with E-state index in [-0.39, 0.29) is 21.3 Å². The molecule has 1 aliphatic rings. The highest BCUT2D eigenvalue weighted by molar-refractivity contribution is 7.89. The monoisotopic (exact) mass is 463 g/mol. The van der Waals surface area contributed by atoms with Crippen LogP contribution in [-0.4, -0.2) is 44.2 Å². The van der Waals surface area contributed by atoms with Crippen molar-refractivity contribution < 1.29 is 22.7 Å². The van der Waals surface area contributed by atoms with E-state index in [1.807, 2.05) is 33.8 Å². The summed E-state index contributed by atoms with van der Waals surface area (Å²) < 4.78 is 32.3. The molecule has 0 amide bonds. The van der Waals surface area contributed by atoms with Gasteiger partial charge in [-0.3, -0.25) is 4.79 Å². The Hall–Kier alpha value is -2.22. The average molecular weight is 464 g/mol. The Kier molecular flexibility index (Phi) is 6.88. The highest BCUT2D eigenvalue weighted by Crippen LogP contribution is 2.28. The zero-order valence-electron chi connectivity index (χ0n) is 18.1. The number of nitrogens with zero attached hydrogens (tertiary/aromatic N) is 1. The number of hydrogen-bond donors (Lipinski definition) is 0. The second-order valence-electron chi connectivity index (χ2n) is 7.89. The Labute approximate surface area is 188 Å². The Morgan fingerprint density at radius 1 is 1.00 bits per heavy atom. The van der Waals surface area contributed by atoms with Crippen molar-refractivity contribution in [2.45, 2.75) is 45.4 Å². The van der Waals surface area contributed by atoms with Crippen molar-refractivity contribution in [2.75, 3.05) is 19.7 Å². The third-order valence-corrected chi connectivity index (χ3v) is 8.21. The lowest BCUT2D eigenvalue weighted by atomic mass is 9.92. The maximum absolute atomic E-state index is 12.9. The molecule has 166 valence electrons. The molecule has 0 saturated carbocycles. The van der Waals surface area contributed by atoms with Crippen LogP contribution in [0.3, 0.4) is 0 Å². The first-order valence-electron chi connectivity index (χ1n) is 10.1. The van der Waals surface area contributed by atoms with Gasteiger partial charge in [-0.15, -0.1) is 0 Å². The number of aryl methyl sites for hydroxylation is 2. The maximum atomic E-state index is 12.9. The van der Waals surface area contributed by atoms with E-state index in [1.165, 1.54) is 22.5 Å². The number of ketones is 1. The summed E-state index contributed by atoms with van der Waals surface area (Å²) in [5.74, 6) is -1.07. The van der Waals surface area contributed by atoms with Crippen LogP contribution >= 0.6 is 11.6 Å². The minimum atomic E-state index is -3.79. The van der Waals surface area contributed by atoms with E-state index in [0.29, 0.717) is 18.7 Å². The molecule has 0 spiro atoms. The van der Waals surface area contributed by atoms with E-state index >= 15 is 0 Å². The SMILES string of the molecule is Cc1cc(C)c(C)c(C(=O)COC(=O)c2ccc(Cl)c(S(=O)(=O)N3CCCC3)c2)c1C. The normalized spacial score (nSPS) is 14.6. The first kappa shape index (κ1) is 23.4. The molecule has 6 nitrogen and oxygen atoms in total. The van der Waals surface area contributed by atoms with E-state index < -0.39 is 22.6 Å². The third kappa shape index (κ3) is 4.68. The number of carbonyl (C=O) groups excluding carboxylic acids is 2. The van der Waals surface area contributed by atoms with Crippen molar-refractivity contribution >= 4 is 33.4 Å². The summed E-state index contributed by atoms with van der Waals surface area (Å²) in [6, 6.07) is 5.99. The summed E-state index contributed by atoms with van der Waals surface area (Å²) in [5, 5.41) is 0.0426. The van der Waals surface area contributed by atoms with Crippen LogP contribution in [0.4, 0.5) is 0 Å². The third-order valence-electron chi connectivity index (χ3n) is 5.83. The van der Waals surface area contributed by atoms with Crippen LogP contribution < -0.4 is 0 Å². The number of esters is 1. The number of hydrogen-bond acceptors (Lipinski definition) is 5. The zero-order chi connectivity index (χ0) is 22.9. The van der Waals surface area contributed by atoms with Crippen LogP contribution in [0.25, 0.3) is 0 Å². The fourth-order valence-corrected chi connectivity index (χ4v) is 5.83. The second-order valence-corrected chi connectivity index (χ2v) is 10.2. The quantitative estimate of drug-likeness (QED) is 0.468. The molecule has 2 aromatic carbocycles. The molecule has 0 aliphatic carbocycles. The highest BCUT2D eigenvalue weighted by Gasteiger charge is 2.30. The van der Waals surface area contributed by atoms with E-state index in [1.54, 1.807) is 0 Å². The van der Waals surface area contributed by atoms with Gasteiger partial charge in [0.05, 0.1) is 10.6 Å². The van der Waals surface area contributed by atoms with Gasteiger partial charge in [0, 0.05) is 18.7 Å². The number of rotatable bonds is 6. The molecule has 3 rings (SSSR count). The second kappa shape index (κ2) is 9.10. The Bertz CT molecular complexity index is 1120. The number of sulfonamides is 1. The standard InChI is InChI=1S/C23H26ClNO5S/c1-14-11-15(2)17(4)22(16(14)3)20(26)13-30-23(27)18-7-8-19(24)21(12-18)31(28,29)25-9-5-6-10-25/h7-8,11-12H,5-6,9-10,13H2,1-4H3. The Morgan fingerprint density at radius 2 is 1.58 bits per heavy atom. The Balaban J connectivity index is 1.80. The first-order chi connectivity index (χ1) is 14.5. The summed E-state index contributed by atoms with van der Waals surface area (Å²) in [4.78, 5) is 25.2. The van der Waals surface area contributed by atoms with Gasteiger partial charge in [-0.2, -0.15) is 4.31 Å². The van der Waals surface area contributed by atoms with Crippen LogP contribution in [0.5, 0.6) is 0 Å². The molecular formula is C23H26ClNO5S. The fraction of sp³-hybridized carbons (Fsp3) is 0.391. The molecule has 1 aliphatic heterocycles. The van der Waals surface area contributed by atoms with Crippen molar-refractivity contribution in [3.8, 4) is 0 Å². The number of ether oxygens (including phenoxy) is 1. The van der Waals surface area contributed by atoms with Crippen LogP contribution in [0, 0.1) is 27.7 Å². The molecule has 1 heterocycles. The predicted octanol–water partition coefficient (Wildman–Crippen LogP) is 4.40. The molecule has 2 aromatic rings. The van der Waals surface area contributed by atoms with Gasteiger partial charge in [0.15, 0.2) is 6.61 Å². The molecule has 0 bridgehead atoms. The van der Waals surface area contributed by atoms with Crippen molar-refractivity contribution in [3.63, 3.8) is 0 Å². The molecule has 1 fully saturated rings. The minimum Gasteiger partial charge on any atom is -0.454 e. The van der Waals surface area contributed by atoms with Crippen molar-refractivity contribution in [3.05, 3.63) is 62.7 Å². The average Bonchev–Trinajstić information content (AvgIpc) is 3.27. The van der Waals surface area contributed by atoms with Gasteiger partial charge in [0.1, 0.15) is 4.90 Å². The van der Waals surface area contributed by atoms with Gasteiger partial charge >= 0.3 is 5.97 Å². The van der Waals surface area contributed by atoms with Gasteiger partial charge in [0.2, 0.25) is 15.8 Å². The summed E-state index contributed by atoms with van der Waals surface area (Å²) in [6.07, 6.45) is 1.58. The fourth-order valence-electron chi connectivity index (χ4n) is 3.82. The summed E-state index contributed by atoms with van der Waals surface area (Å²) in [7, 11) is -3.79. The molecule has 8 heteroatoms. The summed E-state index contributed by atoms with van der Waals surface area (Å²) in [6.45, 7) is 8.02. The number of benzene rings is 2. The van der Waals surface area contributed by atoms with Gasteiger partial charge in [0.25, 0.3) is 0 Å². The van der Waals surface area contributed by atoms with E-state index in [2.05, 4.69) is 0 Å². The van der Waals surface area contributed by atoms with Gasteiger partial charge in [-0.1, -0.05) is 17.7 Å². The van der Waals surface area contributed by atoms with Crippen LogP contribution in [-0.2, 0) is 14.8 Å². The van der Waals surface area contributed by atoms with Crippen LogP contribution in [0.1, 0.15) is 55.8 Å². The number of Topliss-reactive ketones (excluding diaryl/α,β-unsaturated/α-hetero) is 1. The largest absolute Gasteiger partial charge is 0.454 e. The van der Waals surface area contributed by atoms with Gasteiger partial charge in [-0.05, 0) is 81.0 Å². The maximum Gasteiger partial charge on any atom is 0.338 e. The van der Waals surface area contributed by atoms with Crippen molar-refractivity contribution in [1.29, 1.82) is 0 Å². The lowest BCUT2D eigenvalue weighted by Gasteiger charge is -2.17. The topological polar surface area (TPSA) is 80.8 Å². The smallest absolute Gasteiger partial charge is 0.338 e. The zero-order valence-corrected chi connectivity index (χ0v) is 19.7. The molecule has 0 atom stereocenters. The molecule has 31 heavy (non-hydrogen) atoms. The van der Waals surface area contributed by atoms with E-state index in [4.69, 9.17) is 16.3 Å². The van der Waals surface area contributed by atoms with Gasteiger partial charge in [-0.25, -0.2) is 13.2 Å². The van der Waals surface area contributed by atoms with Gasteiger partial charge < -0.3 is 4.74 Å². The molecule has 1 saturated heterocycles. The predicted molar refractivity (Wildman–Crippen MR) is 119 cm³/mol. The van der Waals surface area contributed by atoms with Crippen molar-refractivity contribution in [2.24, 2.45) is 0 Å². The molecule has 0 unspecified atom stereocenters. The van der Waals surface area contributed by atoms with Crippen molar-refractivity contribution in [1.82, 2.24) is 4.31 Å². The first-order valence-corrected chi connectivity index (χ1v) is 11.9. The molecular weight excluding hydrogens is 438 g/mol. The molecule has 0 aromatic heterocycles. The van der Waals surface area contributed by atoms with Crippen LogP contribution in [0.2, 0.25) is 5.02 Å². The lowest BCUT2D eigenvalue weighted by Crippen LogP contribution is -2.28. The highest BCUT2D eigenvalue weighted by atomic mass is 35.5. The molecule has 0 N–H and O–H groups in total. The molecule has 0 radical (unpaired) electrons. The minimum absolute atomic E-state index is 0.0313. The van der Waals surface area contributed by atoms with E-state index in [0.717, 1.165) is 35.1 Å². The van der Waals surface area contributed by atoms with E-state index in [9.17, 15) is 18.0 Å². The van der Waals surface area contributed by atoms with Crippen LogP contribution in [0.15, 0.2) is 29.2 Å². The lowest BCUT2D eigenvalue weighted by molar-refractivity contribution is 0.0474. The summed E-state index contributed by atoms with van der Waals surface area (Å²) in [5.41, 5.74) is 4.28. The number of halogens is 1.